The average molecular weight is 283 g/mol. The first kappa shape index (κ1) is 13.4. The molecule has 2 aliphatic rings. The highest BCUT2D eigenvalue weighted by molar-refractivity contribution is 5.86. The third-order valence-electron chi connectivity index (χ3n) is 5.45. The zero-order chi connectivity index (χ0) is 14.4. The lowest BCUT2D eigenvalue weighted by Crippen LogP contribution is -2.29. The number of hydrogen-bond donors (Lipinski definition) is 0. The molecule has 1 aromatic heterocycles. The summed E-state index contributed by atoms with van der Waals surface area (Å²) in [7, 11) is 2.23. The molecule has 2 aromatic rings. The van der Waals surface area contributed by atoms with Gasteiger partial charge in [-0.25, -0.2) is 0 Å². The summed E-state index contributed by atoms with van der Waals surface area (Å²) in [6.07, 6.45) is 7.53. The summed E-state index contributed by atoms with van der Waals surface area (Å²) >= 11 is 0. The van der Waals surface area contributed by atoms with Gasteiger partial charge in [0.05, 0.1) is 0 Å². The van der Waals surface area contributed by atoms with Gasteiger partial charge in [-0.15, -0.1) is 0 Å². The van der Waals surface area contributed by atoms with Crippen molar-refractivity contribution in [2.24, 2.45) is 0 Å². The Morgan fingerprint density at radius 3 is 2.67 bits per heavy atom. The van der Waals surface area contributed by atoms with Crippen molar-refractivity contribution >= 4 is 11.0 Å². The Hall–Kier alpha value is -1.28. The van der Waals surface area contributed by atoms with E-state index in [4.69, 9.17) is 4.42 Å². The van der Waals surface area contributed by atoms with Crippen LogP contribution in [0.3, 0.4) is 0 Å². The van der Waals surface area contributed by atoms with Gasteiger partial charge in [-0.3, -0.25) is 0 Å². The molecular formula is C19H25NO. The number of hydrogen-bond acceptors (Lipinski definition) is 2. The number of nitrogens with zero attached hydrogens (tertiary/aromatic N) is 1. The molecule has 0 radical (unpaired) electrons. The molecule has 0 N–H and O–H groups in total. The van der Waals surface area contributed by atoms with Crippen LogP contribution in [0.15, 0.2) is 16.5 Å². The summed E-state index contributed by atoms with van der Waals surface area (Å²) in [5, 5.41) is 1.42. The number of fused-ring (bicyclic) bond motifs is 3. The van der Waals surface area contributed by atoms with E-state index in [2.05, 4.69) is 31.0 Å². The fraction of sp³-hybridized carbons (Fsp3) is 0.579. The highest BCUT2D eigenvalue weighted by Gasteiger charge is 2.23. The van der Waals surface area contributed by atoms with Crippen LogP contribution in [0.2, 0.25) is 0 Å². The van der Waals surface area contributed by atoms with E-state index in [9.17, 15) is 0 Å². The second-order valence-corrected chi connectivity index (χ2v) is 7.00. The lowest BCUT2D eigenvalue weighted by atomic mass is 9.87. The minimum atomic E-state index is 0.735. The fourth-order valence-electron chi connectivity index (χ4n) is 4.14. The van der Waals surface area contributed by atoms with Crippen molar-refractivity contribution in [3.8, 4) is 0 Å². The van der Waals surface area contributed by atoms with Gasteiger partial charge in [-0.05, 0) is 82.3 Å². The zero-order valence-electron chi connectivity index (χ0n) is 13.2. The van der Waals surface area contributed by atoms with E-state index in [1.807, 2.05) is 0 Å². The molecule has 0 amide bonds. The molecule has 4 rings (SSSR count). The molecule has 0 unspecified atom stereocenters. The SMILES string of the molecule is Cc1cc(C2CCN(C)CC2)cc2c3c(oc12)CCCC3. The van der Waals surface area contributed by atoms with Crippen molar-refractivity contribution in [1.29, 1.82) is 0 Å². The van der Waals surface area contributed by atoms with Crippen LogP contribution in [-0.2, 0) is 12.8 Å². The summed E-state index contributed by atoms with van der Waals surface area (Å²) < 4.78 is 6.17. The summed E-state index contributed by atoms with van der Waals surface area (Å²) in [6.45, 7) is 4.67. The Bertz CT molecular complexity index is 662. The van der Waals surface area contributed by atoms with Gasteiger partial charge in [0.25, 0.3) is 0 Å². The number of furan rings is 1. The van der Waals surface area contributed by atoms with Gasteiger partial charge in [0.2, 0.25) is 0 Å². The van der Waals surface area contributed by atoms with E-state index in [0.717, 1.165) is 17.9 Å². The van der Waals surface area contributed by atoms with Crippen molar-refractivity contribution in [2.75, 3.05) is 20.1 Å². The zero-order valence-corrected chi connectivity index (χ0v) is 13.2. The quantitative estimate of drug-likeness (QED) is 0.770. The van der Waals surface area contributed by atoms with E-state index in [0.29, 0.717) is 0 Å². The van der Waals surface area contributed by atoms with E-state index >= 15 is 0 Å². The Kier molecular flexibility index (Phi) is 3.30. The Labute approximate surface area is 127 Å². The summed E-state index contributed by atoms with van der Waals surface area (Å²) in [5.41, 5.74) is 5.53. The third kappa shape index (κ3) is 2.30. The number of aryl methyl sites for hydroxylation is 3. The molecule has 1 aliphatic carbocycles. The van der Waals surface area contributed by atoms with E-state index in [1.54, 1.807) is 5.56 Å². The van der Waals surface area contributed by atoms with Crippen LogP contribution in [0.25, 0.3) is 11.0 Å². The van der Waals surface area contributed by atoms with Crippen molar-refractivity contribution in [2.45, 2.75) is 51.4 Å². The predicted molar refractivity (Wildman–Crippen MR) is 87.1 cm³/mol. The standard InChI is InChI=1S/C19H25NO/c1-13-11-15(14-7-9-20(2)10-8-14)12-17-16-5-3-4-6-18(16)21-19(13)17/h11-12,14H,3-10H2,1-2H3. The number of benzene rings is 1. The smallest absolute Gasteiger partial charge is 0.137 e. The highest BCUT2D eigenvalue weighted by atomic mass is 16.3. The fourth-order valence-corrected chi connectivity index (χ4v) is 4.14. The maximum Gasteiger partial charge on any atom is 0.137 e. The van der Waals surface area contributed by atoms with E-state index in [1.165, 1.54) is 67.5 Å². The minimum absolute atomic E-state index is 0.735. The molecule has 112 valence electrons. The Balaban J connectivity index is 1.77. The third-order valence-corrected chi connectivity index (χ3v) is 5.45. The van der Waals surface area contributed by atoms with Gasteiger partial charge in [-0.1, -0.05) is 6.07 Å². The van der Waals surface area contributed by atoms with Crippen molar-refractivity contribution in [3.05, 3.63) is 34.6 Å². The van der Waals surface area contributed by atoms with Crippen LogP contribution in [0.1, 0.15) is 54.1 Å². The summed E-state index contributed by atoms with van der Waals surface area (Å²) in [5.74, 6) is 2.00. The van der Waals surface area contributed by atoms with Crippen molar-refractivity contribution < 1.29 is 4.42 Å². The molecular weight excluding hydrogens is 258 g/mol. The van der Waals surface area contributed by atoms with Crippen LogP contribution in [0.5, 0.6) is 0 Å². The van der Waals surface area contributed by atoms with E-state index in [-0.39, 0.29) is 0 Å². The molecule has 2 heterocycles. The topological polar surface area (TPSA) is 16.4 Å². The summed E-state index contributed by atoms with van der Waals surface area (Å²) in [6, 6.07) is 4.83. The Morgan fingerprint density at radius 1 is 1.10 bits per heavy atom. The lowest BCUT2D eigenvalue weighted by Gasteiger charge is -2.29. The monoisotopic (exact) mass is 283 g/mol. The maximum absolute atomic E-state index is 6.17. The molecule has 1 aromatic carbocycles. The normalized spacial score (nSPS) is 20.9. The molecule has 1 saturated heterocycles. The second-order valence-electron chi connectivity index (χ2n) is 7.00. The van der Waals surface area contributed by atoms with E-state index < -0.39 is 0 Å². The highest BCUT2D eigenvalue weighted by Crippen LogP contribution is 2.37. The summed E-state index contributed by atoms with van der Waals surface area (Å²) in [4.78, 5) is 2.45. The molecule has 0 atom stereocenters. The Morgan fingerprint density at radius 2 is 1.86 bits per heavy atom. The lowest BCUT2D eigenvalue weighted by molar-refractivity contribution is 0.255. The van der Waals surface area contributed by atoms with Crippen LogP contribution in [0.4, 0.5) is 0 Å². The molecule has 0 bridgehead atoms. The number of rotatable bonds is 1. The minimum Gasteiger partial charge on any atom is -0.461 e. The first-order valence-corrected chi connectivity index (χ1v) is 8.45. The van der Waals surface area contributed by atoms with Crippen molar-refractivity contribution in [1.82, 2.24) is 4.90 Å². The van der Waals surface area contributed by atoms with Gasteiger partial charge in [-0.2, -0.15) is 0 Å². The maximum atomic E-state index is 6.17. The predicted octanol–water partition coefficient (Wildman–Crippen LogP) is 4.43. The molecule has 0 saturated carbocycles. The average Bonchev–Trinajstić information content (AvgIpc) is 2.87. The molecule has 1 fully saturated rings. The van der Waals surface area contributed by atoms with Gasteiger partial charge in [0, 0.05) is 17.4 Å². The number of likely N-dealkylation sites (tertiary alicyclic amines) is 1. The van der Waals surface area contributed by atoms with Gasteiger partial charge in [0.15, 0.2) is 0 Å². The van der Waals surface area contributed by atoms with Gasteiger partial charge >= 0.3 is 0 Å². The van der Waals surface area contributed by atoms with Crippen LogP contribution in [-0.4, -0.2) is 25.0 Å². The molecule has 0 spiro atoms. The van der Waals surface area contributed by atoms with Crippen LogP contribution >= 0.6 is 0 Å². The largest absolute Gasteiger partial charge is 0.461 e. The first-order valence-electron chi connectivity index (χ1n) is 8.45. The first-order chi connectivity index (χ1) is 10.2. The molecule has 1 aliphatic heterocycles. The second kappa shape index (κ2) is 5.17. The molecule has 2 nitrogen and oxygen atoms in total. The van der Waals surface area contributed by atoms with Crippen LogP contribution < -0.4 is 0 Å². The van der Waals surface area contributed by atoms with Crippen LogP contribution in [0, 0.1) is 6.92 Å². The number of piperidine rings is 1. The molecule has 21 heavy (non-hydrogen) atoms. The van der Waals surface area contributed by atoms with Gasteiger partial charge in [0.1, 0.15) is 11.3 Å². The van der Waals surface area contributed by atoms with Crippen molar-refractivity contribution in [3.63, 3.8) is 0 Å². The van der Waals surface area contributed by atoms with Gasteiger partial charge < -0.3 is 9.32 Å². The molecule has 2 heteroatoms.